The van der Waals surface area contributed by atoms with Crippen LogP contribution in [0.2, 0.25) is 0 Å². The molecule has 0 heterocycles. The Balaban J connectivity index is -0.0000000865. The molecule has 0 bridgehead atoms. The quantitative estimate of drug-likeness (QED) is 0.322. The molecule has 0 aliphatic carbocycles. The first-order valence-corrected chi connectivity index (χ1v) is 3.24. The standard InChI is InChI=1S/3C2H2O4.Ir/c3*3-1(4)2(5)6;/h3*(H,3,4)(H,5,6);/p-4. The summed E-state index contributed by atoms with van der Waals surface area (Å²) in [5.74, 6) is -12.4. The van der Waals surface area contributed by atoms with E-state index in [1.165, 1.54) is 0 Å². The second-order valence-electron chi connectivity index (χ2n) is 1.76. The summed E-state index contributed by atoms with van der Waals surface area (Å²) in [7, 11) is 0. The number of carboxylic acid groups (broad SMARTS) is 6. The van der Waals surface area contributed by atoms with Gasteiger partial charge in [0.25, 0.3) is 0 Å². The smallest absolute Gasteiger partial charge is 0.414 e. The summed E-state index contributed by atoms with van der Waals surface area (Å²) >= 11 is 0. The molecule has 0 aromatic rings. The molecular formula is C6H2IrO12-4. The number of rotatable bonds is 0. The fourth-order valence-corrected chi connectivity index (χ4v) is 0. The molecule has 0 fully saturated rings. The number of aliphatic carboxylic acids is 6. The van der Waals surface area contributed by atoms with Crippen LogP contribution in [0.5, 0.6) is 0 Å². The number of hydrogen-bond donors (Lipinski definition) is 2. The van der Waals surface area contributed by atoms with Gasteiger partial charge in [-0.3, -0.25) is 0 Å². The summed E-state index contributed by atoms with van der Waals surface area (Å²) in [6, 6.07) is 0. The molecule has 0 aliphatic rings. The largest absolute Gasteiger partial charge is 0.543 e. The fourth-order valence-electron chi connectivity index (χ4n) is 0. The molecule has 0 aromatic carbocycles. The average Bonchev–Trinajstić information content (AvgIpc) is 2.18. The molecule has 0 saturated heterocycles. The van der Waals surface area contributed by atoms with Gasteiger partial charge >= 0.3 is 11.9 Å². The van der Waals surface area contributed by atoms with Gasteiger partial charge in [0.1, 0.15) is 0 Å². The van der Waals surface area contributed by atoms with E-state index in [1.807, 2.05) is 0 Å². The maximum Gasteiger partial charge on any atom is 0.414 e. The normalized spacial score (nSPS) is 6.95. The van der Waals surface area contributed by atoms with Crippen LogP contribution in [0.15, 0.2) is 0 Å². The second kappa shape index (κ2) is 13.5. The van der Waals surface area contributed by atoms with Crippen molar-refractivity contribution in [2.75, 3.05) is 0 Å². The Hall–Kier alpha value is -2.53. The maximum absolute atomic E-state index is 9.10. The molecule has 2 N–H and O–H groups in total. The molecular weight excluding hydrogens is 456 g/mol. The van der Waals surface area contributed by atoms with Crippen LogP contribution >= 0.6 is 0 Å². The Morgan fingerprint density at radius 1 is 0.526 bits per heavy atom. The Morgan fingerprint density at radius 3 is 0.632 bits per heavy atom. The zero-order chi connectivity index (χ0) is 15.5. The summed E-state index contributed by atoms with van der Waals surface area (Å²) < 4.78 is 0. The Kier molecular flexibility index (Phi) is 18.1. The van der Waals surface area contributed by atoms with E-state index >= 15 is 0 Å². The van der Waals surface area contributed by atoms with Gasteiger partial charge in [0, 0.05) is 20.1 Å². The monoisotopic (exact) mass is 459 g/mol. The van der Waals surface area contributed by atoms with Crippen LogP contribution in [0.25, 0.3) is 0 Å². The molecule has 1 radical (unpaired) electrons. The van der Waals surface area contributed by atoms with Crippen molar-refractivity contribution in [3.63, 3.8) is 0 Å². The Labute approximate surface area is 116 Å². The van der Waals surface area contributed by atoms with E-state index in [1.54, 1.807) is 0 Å². The van der Waals surface area contributed by atoms with Crippen molar-refractivity contribution in [2.24, 2.45) is 0 Å². The van der Waals surface area contributed by atoms with Crippen molar-refractivity contribution in [3.8, 4) is 0 Å². The van der Waals surface area contributed by atoms with Gasteiger partial charge in [-0.15, -0.1) is 0 Å². The number of carbonyl (C=O) groups is 6. The van der Waals surface area contributed by atoms with Gasteiger partial charge in [0.15, 0.2) is 0 Å². The van der Waals surface area contributed by atoms with Crippen LogP contribution in [0.4, 0.5) is 0 Å². The van der Waals surface area contributed by atoms with Gasteiger partial charge < -0.3 is 49.8 Å². The first-order valence-electron chi connectivity index (χ1n) is 3.24. The number of carbonyl (C=O) groups excluding carboxylic acids is 4. The predicted octanol–water partition coefficient (Wildman–Crippen LogP) is -7.87. The predicted molar refractivity (Wildman–Crippen MR) is 35.3 cm³/mol. The summed E-state index contributed by atoms with van der Waals surface area (Å²) in [6.07, 6.45) is 0. The van der Waals surface area contributed by atoms with Crippen LogP contribution in [0.3, 0.4) is 0 Å². The third-order valence-corrected chi connectivity index (χ3v) is 0.516. The van der Waals surface area contributed by atoms with Crippen molar-refractivity contribution in [2.45, 2.75) is 0 Å². The summed E-state index contributed by atoms with van der Waals surface area (Å²) in [4.78, 5) is 53.9. The van der Waals surface area contributed by atoms with Gasteiger partial charge in [0.05, 0.1) is 23.9 Å². The van der Waals surface area contributed by atoms with E-state index in [0.717, 1.165) is 0 Å². The van der Waals surface area contributed by atoms with E-state index in [-0.39, 0.29) is 20.1 Å². The average molecular weight is 458 g/mol. The van der Waals surface area contributed by atoms with Crippen molar-refractivity contribution < 1.29 is 79.5 Å². The molecule has 0 atom stereocenters. The topological polar surface area (TPSA) is 235 Å². The molecule has 0 unspecified atom stereocenters. The summed E-state index contributed by atoms with van der Waals surface area (Å²) in [5, 5.41) is 50.5. The van der Waals surface area contributed by atoms with Gasteiger partial charge in [0.2, 0.25) is 0 Å². The van der Waals surface area contributed by atoms with Crippen molar-refractivity contribution >= 4 is 35.8 Å². The van der Waals surface area contributed by atoms with Gasteiger partial charge in [-0.1, -0.05) is 0 Å². The molecule has 0 saturated carbocycles. The van der Waals surface area contributed by atoms with Crippen LogP contribution in [0, 0.1) is 0 Å². The third-order valence-electron chi connectivity index (χ3n) is 0.516. The Bertz CT molecular complexity index is 277. The molecule has 0 aliphatic heterocycles. The zero-order valence-electron chi connectivity index (χ0n) is 8.31. The SMILES string of the molecule is O=C(O)C(=O)O.O=C([O-])C(=O)[O-].O=C([O-])C(=O)[O-].[Ir]. The molecule has 13 heteroatoms. The van der Waals surface area contributed by atoms with Crippen molar-refractivity contribution in [1.29, 1.82) is 0 Å². The van der Waals surface area contributed by atoms with E-state index < -0.39 is 35.8 Å². The minimum absolute atomic E-state index is 0. The molecule has 0 amide bonds. The molecule has 12 nitrogen and oxygen atoms in total. The van der Waals surface area contributed by atoms with Crippen molar-refractivity contribution in [1.82, 2.24) is 0 Å². The molecule has 0 spiro atoms. The summed E-state index contributed by atoms with van der Waals surface area (Å²) in [6.45, 7) is 0. The number of hydrogen-bond acceptors (Lipinski definition) is 10. The maximum atomic E-state index is 9.10. The van der Waals surface area contributed by atoms with E-state index in [9.17, 15) is 0 Å². The molecule has 19 heavy (non-hydrogen) atoms. The minimum Gasteiger partial charge on any atom is -0.543 e. The zero-order valence-corrected chi connectivity index (χ0v) is 10.7. The van der Waals surface area contributed by atoms with Crippen LogP contribution in [0.1, 0.15) is 0 Å². The van der Waals surface area contributed by atoms with Gasteiger partial charge in [-0.05, 0) is 0 Å². The third kappa shape index (κ3) is 31.3. The molecule has 0 aromatic heterocycles. The minimum atomic E-state index is -2.19. The molecule has 0 rings (SSSR count). The fraction of sp³-hybridized carbons (Fsp3) is 0. The Morgan fingerprint density at radius 2 is 0.632 bits per heavy atom. The van der Waals surface area contributed by atoms with Crippen molar-refractivity contribution in [3.05, 3.63) is 0 Å². The first kappa shape index (κ1) is 25.3. The van der Waals surface area contributed by atoms with Crippen LogP contribution < -0.4 is 20.4 Å². The first-order chi connectivity index (χ1) is 7.93. The van der Waals surface area contributed by atoms with E-state index in [0.29, 0.717) is 0 Å². The second-order valence-corrected chi connectivity index (χ2v) is 1.76. The van der Waals surface area contributed by atoms with Crippen LogP contribution in [-0.4, -0.2) is 46.0 Å². The van der Waals surface area contributed by atoms with E-state index in [2.05, 4.69) is 0 Å². The molecule has 111 valence electrons. The van der Waals surface area contributed by atoms with Gasteiger partial charge in [-0.2, -0.15) is 0 Å². The van der Waals surface area contributed by atoms with E-state index in [4.69, 9.17) is 59.4 Å². The van der Waals surface area contributed by atoms with Crippen LogP contribution in [-0.2, 0) is 48.9 Å². The summed E-state index contributed by atoms with van der Waals surface area (Å²) in [5.41, 5.74) is 0. The van der Waals surface area contributed by atoms with Gasteiger partial charge in [-0.25, -0.2) is 9.59 Å². The number of carboxylic acids is 6.